The van der Waals surface area contributed by atoms with Crippen LogP contribution in [0, 0.1) is 5.41 Å². The highest BCUT2D eigenvalue weighted by molar-refractivity contribution is 7.84. The summed E-state index contributed by atoms with van der Waals surface area (Å²) in [5, 5.41) is 3.83. The Hall–Kier alpha value is -2.51. The number of thiol groups is 1. The number of halogens is 1. The molecule has 2 unspecified atom stereocenters. The number of alkyl halides is 1. The van der Waals surface area contributed by atoms with Crippen LogP contribution < -0.4 is 16.8 Å². The summed E-state index contributed by atoms with van der Waals surface area (Å²) in [5.74, 6) is 0.532. The molecule has 0 saturated heterocycles. The minimum absolute atomic E-state index is 0.0158. The first-order valence-electron chi connectivity index (χ1n) is 11.8. The maximum Gasteiger partial charge on any atom is 0.149 e. The lowest BCUT2D eigenvalue weighted by Gasteiger charge is -2.39. The molecule has 6 rings (SSSR count). The number of rotatable bonds is 4. The Labute approximate surface area is 199 Å². The molecule has 2 aliphatic heterocycles. The lowest BCUT2D eigenvalue weighted by Crippen LogP contribution is -2.48. The maximum absolute atomic E-state index is 13.8. The van der Waals surface area contributed by atoms with Gasteiger partial charge in [0.25, 0.3) is 0 Å². The molecule has 0 amide bonds. The molecule has 0 aromatic heterocycles. The Morgan fingerprint density at radius 1 is 1.18 bits per heavy atom. The van der Waals surface area contributed by atoms with Gasteiger partial charge in [0.15, 0.2) is 0 Å². The Balaban J connectivity index is 1.29. The molecule has 0 radical (unpaired) electrons. The van der Waals surface area contributed by atoms with Gasteiger partial charge >= 0.3 is 0 Å². The standard InChI is InChI=1S/C26H30FN5S/c27-19-5-6-20(33)18(14-19)13-16-1-3-17(4-2-16)21-22-23(28)30-11-12-32(22)24(31-21)25-7-9-26(29,15-25)10-8-25/h1-4,6,11-12,14,19,24,31,33H,5,7-10,13,15,29H2,(H2,28,30). The second kappa shape index (κ2) is 7.50. The molecule has 2 bridgehead atoms. The van der Waals surface area contributed by atoms with Gasteiger partial charge in [-0.3, -0.25) is 0 Å². The fraction of sp³-hybridized carbons (Fsp3) is 0.423. The van der Waals surface area contributed by atoms with Gasteiger partial charge in [0.2, 0.25) is 0 Å². The molecular weight excluding hydrogens is 433 g/mol. The number of nitrogens with zero attached hydrogens (tertiary/aromatic N) is 2. The fourth-order valence-electron chi connectivity index (χ4n) is 6.42. The van der Waals surface area contributed by atoms with E-state index in [1.165, 1.54) is 0 Å². The van der Waals surface area contributed by atoms with Crippen LogP contribution in [0.15, 0.2) is 70.0 Å². The third-order valence-electron chi connectivity index (χ3n) is 8.15. The van der Waals surface area contributed by atoms with Gasteiger partial charge in [0.05, 0.1) is 5.70 Å². The van der Waals surface area contributed by atoms with E-state index in [1.807, 2.05) is 12.3 Å². The Bertz CT molecular complexity index is 1140. The van der Waals surface area contributed by atoms with E-state index in [4.69, 9.17) is 11.5 Å². The largest absolute Gasteiger partial charge is 0.382 e. The molecular formula is C26H30FN5S. The molecule has 2 fully saturated rings. The number of benzene rings is 1. The summed E-state index contributed by atoms with van der Waals surface area (Å²) in [4.78, 5) is 7.53. The summed E-state index contributed by atoms with van der Waals surface area (Å²) in [6, 6.07) is 8.44. The van der Waals surface area contributed by atoms with Crippen LogP contribution in [0.4, 0.5) is 4.39 Å². The van der Waals surface area contributed by atoms with Crippen molar-refractivity contribution in [2.75, 3.05) is 0 Å². The zero-order chi connectivity index (χ0) is 22.8. The highest BCUT2D eigenvalue weighted by Gasteiger charge is 2.59. The second-order valence-electron chi connectivity index (χ2n) is 10.3. The summed E-state index contributed by atoms with van der Waals surface area (Å²) in [6.45, 7) is 0. The van der Waals surface area contributed by atoms with Crippen molar-refractivity contribution in [1.29, 1.82) is 0 Å². The van der Waals surface area contributed by atoms with E-state index in [9.17, 15) is 4.39 Å². The first kappa shape index (κ1) is 21.1. The van der Waals surface area contributed by atoms with Crippen molar-refractivity contribution >= 4 is 24.2 Å². The number of nitrogens with one attached hydrogen (secondary N) is 1. The minimum Gasteiger partial charge on any atom is -0.382 e. The smallest absolute Gasteiger partial charge is 0.149 e. The van der Waals surface area contributed by atoms with Crippen molar-refractivity contribution in [3.63, 3.8) is 0 Å². The van der Waals surface area contributed by atoms with Gasteiger partial charge in [0.1, 0.15) is 23.9 Å². The van der Waals surface area contributed by atoms with Crippen molar-refractivity contribution in [1.82, 2.24) is 10.2 Å². The van der Waals surface area contributed by atoms with E-state index >= 15 is 0 Å². The monoisotopic (exact) mass is 463 g/mol. The predicted octanol–water partition coefficient (Wildman–Crippen LogP) is 4.11. The van der Waals surface area contributed by atoms with Gasteiger partial charge in [-0.1, -0.05) is 30.3 Å². The summed E-state index contributed by atoms with van der Waals surface area (Å²) >= 11 is 4.52. The highest BCUT2D eigenvalue weighted by atomic mass is 32.1. The number of nitrogens with two attached hydrogens (primary N) is 2. The van der Waals surface area contributed by atoms with Gasteiger partial charge in [-0.15, -0.1) is 12.6 Å². The van der Waals surface area contributed by atoms with Crippen LogP contribution in [0.2, 0.25) is 0 Å². The normalized spacial score (nSPS) is 34.8. The van der Waals surface area contributed by atoms with Crippen LogP contribution in [0.1, 0.15) is 49.7 Å². The van der Waals surface area contributed by atoms with E-state index < -0.39 is 6.17 Å². The van der Waals surface area contributed by atoms with Gasteiger partial charge in [-0.2, -0.15) is 0 Å². The molecule has 0 spiro atoms. The Morgan fingerprint density at radius 2 is 1.94 bits per heavy atom. The van der Waals surface area contributed by atoms with Crippen LogP contribution in [0.25, 0.3) is 5.70 Å². The number of aliphatic imine (C=N–C) groups is 1. The molecule has 5 nitrogen and oxygen atoms in total. The van der Waals surface area contributed by atoms with E-state index in [-0.39, 0.29) is 17.1 Å². The number of allylic oxidation sites excluding steroid dienone is 3. The Morgan fingerprint density at radius 3 is 2.64 bits per heavy atom. The molecule has 172 valence electrons. The molecule has 3 aliphatic carbocycles. The fourth-order valence-corrected chi connectivity index (χ4v) is 6.68. The molecule has 1 aromatic carbocycles. The quantitative estimate of drug-likeness (QED) is 0.507. The third-order valence-corrected chi connectivity index (χ3v) is 8.62. The Kier molecular flexibility index (Phi) is 4.79. The van der Waals surface area contributed by atoms with E-state index in [2.05, 4.69) is 52.1 Å². The summed E-state index contributed by atoms with van der Waals surface area (Å²) < 4.78 is 13.8. The molecule has 2 atom stereocenters. The number of hydrogen-bond donors (Lipinski definition) is 4. The molecule has 5 aliphatic rings. The minimum atomic E-state index is -0.924. The lowest BCUT2D eigenvalue weighted by atomic mass is 9.80. The van der Waals surface area contributed by atoms with Crippen LogP contribution >= 0.6 is 12.6 Å². The van der Waals surface area contributed by atoms with Crippen molar-refractivity contribution in [2.45, 2.75) is 62.8 Å². The second-order valence-corrected chi connectivity index (χ2v) is 10.8. The van der Waals surface area contributed by atoms with E-state index in [0.717, 1.165) is 65.1 Å². The summed E-state index contributed by atoms with van der Waals surface area (Å²) in [6.07, 6.45) is 13.1. The molecule has 2 heterocycles. The predicted molar refractivity (Wildman–Crippen MR) is 134 cm³/mol. The molecule has 5 N–H and O–H groups in total. The molecule has 7 heteroatoms. The maximum atomic E-state index is 13.8. The van der Waals surface area contributed by atoms with Gasteiger partial charge in [0, 0.05) is 34.7 Å². The van der Waals surface area contributed by atoms with Gasteiger partial charge in [-0.05, 0) is 61.3 Å². The van der Waals surface area contributed by atoms with Gasteiger partial charge in [-0.25, -0.2) is 9.38 Å². The van der Waals surface area contributed by atoms with Gasteiger partial charge < -0.3 is 21.7 Å². The highest BCUT2D eigenvalue weighted by Crippen LogP contribution is 2.59. The van der Waals surface area contributed by atoms with E-state index in [1.54, 1.807) is 12.3 Å². The van der Waals surface area contributed by atoms with Crippen molar-refractivity contribution in [3.8, 4) is 0 Å². The van der Waals surface area contributed by atoms with Crippen LogP contribution in [-0.2, 0) is 6.42 Å². The zero-order valence-electron chi connectivity index (χ0n) is 18.6. The number of fused-ring (bicyclic) bond motifs is 3. The number of amidine groups is 1. The van der Waals surface area contributed by atoms with Crippen molar-refractivity contribution in [3.05, 3.63) is 76.1 Å². The average Bonchev–Trinajstić information content (AvgIpc) is 3.47. The number of hydrogen-bond acceptors (Lipinski definition) is 6. The van der Waals surface area contributed by atoms with E-state index in [0.29, 0.717) is 18.7 Å². The van der Waals surface area contributed by atoms with Crippen LogP contribution in [0.5, 0.6) is 0 Å². The van der Waals surface area contributed by atoms with Crippen LogP contribution in [0.3, 0.4) is 0 Å². The molecule has 1 aromatic rings. The first-order chi connectivity index (χ1) is 15.9. The lowest BCUT2D eigenvalue weighted by molar-refractivity contribution is 0.129. The molecule has 33 heavy (non-hydrogen) atoms. The third kappa shape index (κ3) is 3.44. The summed E-state index contributed by atoms with van der Waals surface area (Å²) in [5.41, 5.74) is 18.3. The topological polar surface area (TPSA) is 79.7 Å². The average molecular weight is 464 g/mol. The van der Waals surface area contributed by atoms with Crippen molar-refractivity contribution < 1.29 is 4.39 Å². The first-order valence-corrected chi connectivity index (χ1v) is 12.2. The summed E-state index contributed by atoms with van der Waals surface area (Å²) in [7, 11) is 0. The van der Waals surface area contributed by atoms with Crippen LogP contribution in [-0.4, -0.2) is 28.6 Å². The SMILES string of the molecule is NC1=NC=CN2C1=C(c1ccc(CC3=CC(F)CC=C3S)cc1)NC2C12CCC(N)(CC1)C2. The zero-order valence-corrected chi connectivity index (χ0v) is 19.5. The van der Waals surface area contributed by atoms with Crippen molar-refractivity contribution in [2.24, 2.45) is 21.9 Å². The molecule has 2 saturated carbocycles.